The summed E-state index contributed by atoms with van der Waals surface area (Å²) in [6, 6.07) is 9.57. The number of rotatable bonds is 4. The van der Waals surface area contributed by atoms with Crippen molar-refractivity contribution in [3.8, 4) is 0 Å². The molecular weight excluding hydrogens is 222 g/mol. The highest BCUT2D eigenvalue weighted by Gasteiger charge is 1.99. The van der Waals surface area contributed by atoms with Gasteiger partial charge in [0.15, 0.2) is 0 Å². The van der Waals surface area contributed by atoms with Crippen LogP contribution in [0.1, 0.15) is 0 Å². The van der Waals surface area contributed by atoms with E-state index in [1.807, 2.05) is 30.3 Å². The van der Waals surface area contributed by atoms with Gasteiger partial charge in [-0.2, -0.15) is 0 Å². The fourth-order valence-electron chi connectivity index (χ4n) is 0.669. The van der Waals surface area contributed by atoms with Crippen LogP contribution in [-0.4, -0.2) is 12.3 Å². The third-order valence-corrected chi connectivity index (χ3v) is 1.79. The minimum Gasteiger partial charge on any atom is -0.345 e. The Morgan fingerprint density at radius 3 is 2.58 bits per heavy atom. The average Bonchev–Trinajstić information content (AvgIpc) is 2.16. The van der Waals surface area contributed by atoms with Crippen LogP contribution in [-0.2, 0) is 9.57 Å². The molecule has 0 aromatic heterocycles. The maximum Gasteiger partial charge on any atom is 0.239 e. The summed E-state index contributed by atoms with van der Waals surface area (Å²) in [6.07, 6.45) is 0. The minimum atomic E-state index is -0.433. The summed E-state index contributed by atoms with van der Waals surface area (Å²) in [4.78, 5) is 5.02. The molecule has 1 N–H and O–H groups in total. The fourth-order valence-corrected chi connectivity index (χ4v) is 0.762. The van der Waals surface area contributed by atoms with E-state index in [2.05, 4.69) is 21.4 Å². The molecular formula is C8H10BrNO2. The molecule has 0 radical (unpaired) electrons. The Labute approximate surface area is 79.8 Å². The fraction of sp³-hybridized carbons (Fsp3) is 0.250. The van der Waals surface area contributed by atoms with E-state index >= 15 is 0 Å². The highest BCUT2D eigenvalue weighted by Crippen LogP contribution is 2.08. The lowest BCUT2D eigenvalue weighted by molar-refractivity contribution is -0.0298. The molecule has 1 atom stereocenters. The van der Waals surface area contributed by atoms with E-state index in [1.165, 1.54) is 0 Å². The van der Waals surface area contributed by atoms with E-state index in [4.69, 9.17) is 9.57 Å². The third kappa shape index (κ3) is 3.21. The second-order valence-electron chi connectivity index (χ2n) is 2.10. The number of ether oxygens (including phenoxy) is 1. The van der Waals surface area contributed by atoms with Crippen molar-refractivity contribution >= 4 is 21.6 Å². The molecule has 0 heterocycles. The first-order chi connectivity index (χ1) is 5.83. The summed E-state index contributed by atoms with van der Waals surface area (Å²) >= 11 is 3.13. The first-order valence-electron chi connectivity index (χ1n) is 3.46. The van der Waals surface area contributed by atoms with Gasteiger partial charge in [0.1, 0.15) is 0 Å². The van der Waals surface area contributed by atoms with Gasteiger partial charge in [-0.05, 0) is 28.1 Å². The van der Waals surface area contributed by atoms with Crippen LogP contribution < -0.4 is 5.48 Å². The van der Waals surface area contributed by atoms with Gasteiger partial charge >= 0.3 is 0 Å². The number of alkyl halides is 1. The molecule has 0 bridgehead atoms. The van der Waals surface area contributed by atoms with Crippen LogP contribution in [0.4, 0.5) is 5.69 Å². The molecule has 12 heavy (non-hydrogen) atoms. The van der Waals surface area contributed by atoms with Crippen molar-refractivity contribution < 1.29 is 9.57 Å². The van der Waals surface area contributed by atoms with Crippen LogP contribution in [0, 0.1) is 0 Å². The Balaban J connectivity index is 2.33. The summed E-state index contributed by atoms with van der Waals surface area (Å²) in [7, 11) is 1.55. The van der Waals surface area contributed by atoms with E-state index in [-0.39, 0.29) is 0 Å². The Bertz CT molecular complexity index is 218. The van der Waals surface area contributed by atoms with Crippen LogP contribution in [0.3, 0.4) is 0 Å². The zero-order valence-corrected chi connectivity index (χ0v) is 8.24. The predicted octanol–water partition coefficient (Wildman–Crippen LogP) is 2.36. The number of nitrogens with one attached hydrogen (secondary N) is 1. The quantitative estimate of drug-likeness (QED) is 0.491. The average molecular weight is 232 g/mol. The summed E-state index contributed by atoms with van der Waals surface area (Å²) in [5, 5.41) is -0.433. The molecule has 0 spiro atoms. The Hall–Kier alpha value is -0.580. The Morgan fingerprint density at radius 2 is 2.00 bits per heavy atom. The number of anilines is 1. The number of para-hydroxylation sites is 1. The van der Waals surface area contributed by atoms with Crippen LogP contribution in [0.15, 0.2) is 30.3 Å². The standard InChI is InChI=1S/C8H10BrNO2/c1-11-8(9)12-10-7-5-3-2-4-6-7/h2-6,8,10H,1H3/t8-/m0/s1. The largest absolute Gasteiger partial charge is 0.345 e. The van der Waals surface area contributed by atoms with Crippen molar-refractivity contribution in [2.24, 2.45) is 0 Å². The lowest BCUT2D eigenvalue weighted by atomic mass is 10.3. The zero-order chi connectivity index (χ0) is 8.81. The smallest absolute Gasteiger partial charge is 0.239 e. The maximum atomic E-state index is 5.02. The predicted molar refractivity (Wildman–Crippen MR) is 50.9 cm³/mol. The Morgan fingerprint density at radius 1 is 1.33 bits per heavy atom. The number of hydrogen-bond donors (Lipinski definition) is 1. The molecule has 0 amide bonds. The molecule has 1 aromatic carbocycles. The van der Waals surface area contributed by atoms with Gasteiger partial charge in [0.25, 0.3) is 0 Å². The molecule has 0 aliphatic heterocycles. The number of hydrogen-bond acceptors (Lipinski definition) is 3. The molecule has 4 heteroatoms. The highest BCUT2D eigenvalue weighted by molar-refractivity contribution is 9.09. The van der Waals surface area contributed by atoms with Gasteiger partial charge in [0.2, 0.25) is 5.20 Å². The number of halogens is 1. The summed E-state index contributed by atoms with van der Waals surface area (Å²) in [5.74, 6) is 0. The number of benzene rings is 1. The second-order valence-corrected chi connectivity index (χ2v) is 2.84. The van der Waals surface area contributed by atoms with Crippen molar-refractivity contribution in [3.05, 3.63) is 30.3 Å². The molecule has 0 fully saturated rings. The van der Waals surface area contributed by atoms with Crippen LogP contribution >= 0.6 is 15.9 Å². The summed E-state index contributed by atoms with van der Waals surface area (Å²) < 4.78 is 4.80. The van der Waals surface area contributed by atoms with E-state index in [0.29, 0.717) is 0 Å². The normalized spacial score (nSPS) is 12.5. The zero-order valence-electron chi connectivity index (χ0n) is 6.66. The van der Waals surface area contributed by atoms with Gasteiger partial charge in [-0.25, -0.2) is 4.84 Å². The first-order valence-corrected chi connectivity index (χ1v) is 4.38. The summed E-state index contributed by atoms with van der Waals surface area (Å²) in [5.41, 5.74) is 3.61. The number of methoxy groups -OCH3 is 1. The van der Waals surface area contributed by atoms with Crippen molar-refractivity contribution in [1.82, 2.24) is 0 Å². The van der Waals surface area contributed by atoms with Crippen molar-refractivity contribution in [3.63, 3.8) is 0 Å². The highest BCUT2D eigenvalue weighted by atomic mass is 79.9. The SMILES string of the molecule is CO[C@H](Br)ONc1ccccc1. The molecule has 0 saturated heterocycles. The molecule has 0 unspecified atom stereocenters. The topological polar surface area (TPSA) is 30.5 Å². The van der Waals surface area contributed by atoms with Gasteiger partial charge in [-0.1, -0.05) is 18.2 Å². The van der Waals surface area contributed by atoms with Gasteiger partial charge in [-0.15, -0.1) is 0 Å². The molecule has 3 nitrogen and oxygen atoms in total. The van der Waals surface area contributed by atoms with Crippen molar-refractivity contribution in [2.75, 3.05) is 12.6 Å². The van der Waals surface area contributed by atoms with Crippen LogP contribution in [0.25, 0.3) is 0 Å². The first kappa shape index (κ1) is 9.51. The molecule has 0 aliphatic carbocycles. The molecule has 0 saturated carbocycles. The minimum absolute atomic E-state index is 0.433. The van der Waals surface area contributed by atoms with Gasteiger partial charge in [0, 0.05) is 7.11 Å². The molecule has 0 aliphatic rings. The lowest BCUT2D eigenvalue weighted by Crippen LogP contribution is -2.11. The van der Waals surface area contributed by atoms with Crippen molar-refractivity contribution in [1.29, 1.82) is 0 Å². The molecule has 66 valence electrons. The van der Waals surface area contributed by atoms with Gasteiger partial charge in [0.05, 0.1) is 5.69 Å². The van der Waals surface area contributed by atoms with E-state index in [9.17, 15) is 0 Å². The van der Waals surface area contributed by atoms with E-state index in [0.717, 1.165) is 5.69 Å². The van der Waals surface area contributed by atoms with E-state index < -0.39 is 5.20 Å². The maximum absolute atomic E-state index is 5.02. The Kier molecular flexibility index (Phi) is 4.07. The van der Waals surface area contributed by atoms with Crippen molar-refractivity contribution in [2.45, 2.75) is 5.20 Å². The van der Waals surface area contributed by atoms with Gasteiger partial charge < -0.3 is 4.74 Å². The lowest BCUT2D eigenvalue weighted by Gasteiger charge is -2.10. The molecule has 1 aromatic rings. The summed E-state index contributed by atoms with van der Waals surface area (Å²) in [6.45, 7) is 0. The van der Waals surface area contributed by atoms with Crippen LogP contribution in [0.2, 0.25) is 0 Å². The van der Waals surface area contributed by atoms with E-state index in [1.54, 1.807) is 7.11 Å². The third-order valence-electron chi connectivity index (χ3n) is 1.23. The monoisotopic (exact) mass is 231 g/mol. The molecule has 1 rings (SSSR count). The van der Waals surface area contributed by atoms with Gasteiger partial charge in [-0.3, -0.25) is 5.48 Å². The van der Waals surface area contributed by atoms with Crippen LogP contribution in [0.5, 0.6) is 0 Å². The second kappa shape index (κ2) is 5.13.